The average molecular weight is 324 g/mol. The number of aryl methyl sites for hydroxylation is 1. The molecule has 2 aromatic carbocycles. The Labute approximate surface area is 142 Å². The first-order valence-corrected chi connectivity index (χ1v) is 7.88. The van der Waals surface area contributed by atoms with Crippen LogP contribution in [0, 0.1) is 24.1 Å². The van der Waals surface area contributed by atoms with Gasteiger partial charge in [-0.3, -0.25) is 0 Å². The minimum absolute atomic E-state index is 0.204. The molecule has 2 rings (SSSR count). The van der Waals surface area contributed by atoms with E-state index in [0.29, 0.717) is 30.2 Å². The highest BCUT2D eigenvalue weighted by molar-refractivity contribution is 5.79. The van der Waals surface area contributed by atoms with Gasteiger partial charge in [-0.2, -0.15) is 5.26 Å². The fourth-order valence-electron chi connectivity index (χ4n) is 2.18. The molecule has 24 heavy (non-hydrogen) atoms. The summed E-state index contributed by atoms with van der Waals surface area (Å²) in [4.78, 5) is 4.51. The van der Waals surface area contributed by atoms with Gasteiger partial charge in [-0.15, -0.1) is 0 Å². The summed E-state index contributed by atoms with van der Waals surface area (Å²) < 4.78 is 13.6. The molecule has 0 radical (unpaired) electrons. The molecule has 2 N–H and O–H groups in total. The number of nitrogens with one attached hydrogen (secondary N) is 2. The smallest absolute Gasteiger partial charge is 0.191 e. The van der Waals surface area contributed by atoms with Crippen molar-refractivity contribution in [1.29, 1.82) is 5.26 Å². The first-order valence-electron chi connectivity index (χ1n) is 7.88. The molecule has 2 aromatic rings. The Morgan fingerprint density at radius 1 is 1.17 bits per heavy atom. The topological polar surface area (TPSA) is 60.2 Å². The second-order valence-electron chi connectivity index (χ2n) is 5.44. The molecule has 124 valence electrons. The maximum absolute atomic E-state index is 13.6. The number of aliphatic imine (C=N–C) groups is 1. The Hall–Kier alpha value is -2.87. The molecule has 0 aliphatic carbocycles. The Balaban J connectivity index is 2.02. The number of nitrogens with zero attached hydrogens (tertiary/aromatic N) is 2. The SMILES string of the molecule is CCNC(=NCc1cccc(C#N)c1)NCc1ccc(C)c(F)c1. The molecule has 0 atom stereocenters. The Morgan fingerprint density at radius 3 is 2.71 bits per heavy atom. The van der Waals surface area contributed by atoms with E-state index in [-0.39, 0.29) is 5.82 Å². The first kappa shape index (κ1) is 17.5. The molecular weight excluding hydrogens is 303 g/mol. The molecule has 0 bridgehead atoms. The third kappa shape index (κ3) is 5.10. The van der Waals surface area contributed by atoms with E-state index < -0.39 is 0 Å². The van der Waals surface area contributed by atoms with Gasteiger partial charge in [-0.1, -0.05) is 24.3 Å². The van der Waals surface area contributed by atoms with Gasteiger partial charge in [0.25, 0.3) is 0 Å². The van der Waals surface area contributed by atoms with Gasteiger partial charge in [-0.05, 0) is 48.7 Å². The van der Waals surface area contributed by atoms with E-state index in [1.807, 2.05) is 31.2 Å². The molecule has 5 heteroatoms. The van der Waals surface area contributed by atoms with Crippen molar-refractivity contribution in [2.45, 2.75) is 26.9 Å². The zero-order valence-corrected chi connectivity index (χ0v) is 13.9. The molecule has 0 aromatic heterocycles. The number of nitriles is 1. The van der Waals surface area contributed by atoms with E-state index >= 15 is 0 Å². The van der Waals surface area contributed by atoms with Gasteiger partial charge < -0.3 is 10.6 Å². The zero-order valence-electron chi connectivity index (χ0n) is 13.9. The highest BCUT2D eigenvalue weighted by atomic mass is 19.1. The quantitative estimate of drug-likeness (QED) is 0.655. The average Bonchev–Trinajstić information content (AvgIpc) is 2.60. The van der Waals surface area contributed by atoms with Crippen LogP contribution < -0.4 is 10.6 Å². The summed E-state index contributed by atoms with van der Waals surface area (Å²) in [7, 11) is 0. The summed E-state index contributed by atoms with van der Waals surface area (Å²) >= 11 is 0. The predicted molar refractivity (Wildman–Crippen MR) is 93.9 cm³/mol. The summed E-state index contributed by atoms with van der Waals surface area (Å²) in [6.45, 7) is 5.41. The van der Waals surface area contributed by atoms with Crippen LogP contribution >= 0.6 is 0 Å². The molecule has 0 amide bonds. The van der Waals surface area contributed by atoms with Gasteiger partial charge >= 0.3 is 0 Å². The number of hydrogen-bond acceptors (Lipinski definition) is 2. The van der Waals surface area contributed by atoms with Crippen LogP contribution in [0.1, 0.15) is 29.2 Å². The lowest BCUT2D eigenvalue weighted by atomic mass is 10.1. The van der Waals surface area contributed by atoms with Crippen LogP contribution in [-0.2, 0) is 13.1 Å². The second kappa shape index (κ2) is 8.68. The van der Waals surface area contributed by atoms with Crippen molar-refractivity contribution in [2.24, 2.45) is 4.99 Å². The van der Waals surface area contributed by atoms with Crippen molar-refractivity contribution in [3.63, 3.8) is 0 Å². The van der Waals surface area contributed by atoms with Crippen LogP contribution in [0.2, 0.25) is 0 Å². The number of rotatable bonds is 5. The van der Waals surface area contributed by atoms with Crippen molar-refractivity contribution in [3.8, 4) is 6.07 Å². The van der Waals surface area contributed by atoms with Crippen LogP contribution in [0.25, 0.3) is 0 Å². The largest absolute Gasteiger partial charge is 0.357 e. The predicted octanol–water partition coefficient (Wildman–Crippen LogP) is 3.26. The molecular formula is C19H21FN4. The normalized spacial score (nSPS) is 11.0. The van der Waals surface area contributed by atoms with E-state index in [9.17, 15) is 4.39 Å². The lowest BCUT2D eigenvalue weighted by molar-refractivity contribution is 0.615. The van der Waals surface area contributed by atoms with E-state index in [0.717, 1.165) is 17.7 Å². The Kier molecular flexibility index (Phi) is 6.32. The van der Waals surface area contributed by atoms with Gasteiger partial charge in [0.15, 0.2) is 5.96 Å². The number of hydrogen-bond donors (Lipinski definition) is 2. The molecule has 0 saturated carbocycles. The first-order chi connectivity index (χ1) is 11.6. The summed E-state index contributed by atoms with van der Waals surface area (Å²) in [5.41, 5.74) is 3.08. The Bertz CT molecular complexity index is 762. The van der Waals surface area contributed by atoms with Crippen LogP contribution in [0.3, 0.4) is 0 Å². The molecule has 0 spiro atoms. The molecule has 0 heterocycles. The Morgan fingerprint density at radius 2 is 2.00 bits per heavy atom. The zero-order chi connectivity index (χ0) is 17.4. The van der Waals surface area contributed by atoms with Crippen LogP contribution in [0.4, 0.5) is 4.39 Å². The van der Waals surface area contributed by atoms with Gasteiger partial charge in [0.05, 0.1) is 18.2 Å². The molecule has 0 aliphatic heterocycles. The van der Waals surface area contributed by atoms with E-state index in [4.69, 9.17) is 5.26 Å². The van der Waals surface area contributed by atoms with Gasteiger partial charge in [0, 0.05) is 13.1 Å². The van der Waals surface area contributed by atoms with Gasteiger partial charge in [0.2, 0.25) is 0 Å². The number of guanidine groups is 1. The van der Waals surface area contributed by atoms with Gasteiger partial charge in [-0.25, -0.2) is 9.38 Å². The highest BCUT2D eigenvalue weighted by Gasteiger charge is 2.02. The standard InChI is InChI=1S/C19H21FN4/c1-3-22-19(23-12-16-6-4-5-15(9-16)11-21)24-13-17-8-7-14(2)18(20)10-17/h4-10H,3,12-13H2,1-2H3,(H2,22,23,24). The minimum Gasteiger partial charge on any atom is -0.357 e. The summed E-state index contributed by atoms with van der Waals surface area (Å²) in [6, 6.07) is 14.7. The van der Waals surface area contributed by atoms with Crippen molar-refractivity contribution in [3.05, 3.63) is 70.5 Å². The lowest BCUT2D eigenvalue weighted by Gasteiger charge is -2.12. The summed E-state index contributed by atoms with van der Waals surface area (Å²) in [5.74, 6) is 0.449. The van der Waals surface area contributed by atoms with Gasteiger partial charge in [0.1, 0.15) is 5.82 Å². The maximum Gasteiger partial charge on any atom is 0.191 e. The third-order valence-corrected chi connectivity index (χ3v) is 3.52. The molecule has 0 unspecified atom stereocenters. The van der Waals surface area contributed by atoms with E-state index in [1.165, 1.54) is 6.07 Å². The second-order valence-corrected chi connectivity index (χ2v) is 5.44. The lowest BCUT2D eigenvalue weighted by Crippen LogP contribution is -2.36. The van der Waals surface area contributed by atoms with Crippen LogP contribution in [0.5, 0.6) is 0 Å². The van der Waals surface area contributed by atoms with Crippen molar-refractivity contribution in [2.75, 3.05) is 6.54 Å². The van der Waals surface area contributed by atoms with E-state index in [1.54, 1.807) is 19.1 Å². The molecule has 4 nitrogen and oxygen atoms in total. The minimum atomic E-state index is -0.204. The number of halogens is 1. The summed E-state index contributed by atoms with van der Waals surface area (Å²) in [5, 5.41) is 15.3. The van der Waals surface area contributed by atoms with Crippen LogP contribution in [0.15, 0.2) is 47.5 Å². The highest BCUT2D eigenvalue weighted by Crippen LogP contribution is 2.09. The molecule has 0 fully saturated rings. The third-order valence-electron chi connectivity index (χ3n) is 3.52. The molecule has 0 saturated heterocycles. The van der Waals surface area contributed by atoms with Crippen molar-refractivity contribution < 1.29 is 4.39 Å². The monoisotopic (exact) mass is 324 g/mol. The van der Waals surface area contributed by atoms with Crippen molar-refractivity contribution >= 4 is 5.96 Å². The van der Waals surface area contributed by atoms with Crippen molar-refractivity contribution in [1.82, 2.24) is 10.6 Å². The number of benzene rings is 2. The maximum atomic E-state index is 13.6. The fourth-order valence-corrected chi connectivity index (χ4v) is 2.18. The van der Waals surface area contributed by atoms with E-state index in [2.05, 4.69) is 21.7 Å². The fraction of sp³-hybridized carbons (Fsp3) is 0.263. The molecule has 0 aliphatic rings. The summed E-state index contributed by atoms with van der Waals surface area (Å²) in [6.07, 6.45) is 0. The van der Waals surface area contributed by atoms with Crippen LogP contribution in [-0.4, -0.2) is 12.5 Å².